The molecule has 3 aliphatic rings. The Morgan fingerprint density at radius 3 is 1.93 bits per heavy atom. The smallest absolute Gasteiger partial charge is 0.405 e. The number of fused-ring (bicyclic) bond motifs is 3. The van der Waals surface area contributed by atoms with Gasteiger partial charge in [0.15, 0.2) is 0 Å². The Labute approximate surface area is 89.6 Å². The van der Waals surface area contributed by atoms with E-state index in [2.05, 4.69) is 5.32 Å². The fourth-order valence-electron chi connectivity index (χ4n) is 2.63. The fourth-order valence-corrected chi connectivity index (χ4v) is 2.63. The van der Waals surface area contributed by atoms with E-state index in [0.29, 0.717) is 0 Å². The highest BCUT2D eigenvalue weighted by molar-refractivity contribution is 5.85. The van der Waals surface area contributed by atoms with Gasteiger partial charge in [0.1, 0.15) is 0 Å². The molecule has 0 heterocycles. The lowest BCUT2D eigenvalue weighted by Gasteiger charge is -2.51. The summed E-state index contributed by atoms with van der Waals surface area (Å²) in [5.41, 5.74) is 5.98. The zero-order valence-corrected chi connectivity index (χ0v) is 8.90. The number of nitrogens with one attached hydrogen (secondary N) is 1. The number of hydrogen-bond donors (Lipinski definition) is 3. The predicted molar refractivity (Wildman–Crippen MR) is 55.8 cm³/mol. The molecule has 0 radical (unpaired) electrons. The zero-order chi connectivity index (χ0) is 9.53. The van der Waals surface area contributed by atoms with Crippen LogP contribution in [0.5, 0.6) is 0 Å². The summed E-state index contributed by atoms with van der Waals surface area (Å²) in [4.78, 5) is 10.6. The zero-order valence-electron chi connectivity index (χ0n) is 8.08. The molecular weight excluding hydrogens is 204 g/mol. The van der Waals surface area contributed by atoms with E-state index in [1.165, 1.54) is 0 Å². The van der Waals surface area contributed by atoms with Crippen LogP contribution in [0.3, 0.4) is 0 Å². The van der Waals surface area contributed by atoms with Crippen molar-refractivity contribution in [3.8, 4) is 0 Å². The molecule has 3 rings (SSSR count). The minimum atomic E-state index is -0.897. The molecule has 3 fully saturated rings. The monoisotopic (exact) mass is 220 g/mol. The van der Waals surface area contributed by atoms with Crippen LogP contribution in [-0.2, 0) is 0 Å². The minimum absolute atomic E-state index is 0. The summed E-state index contributed by atoms with van der Waals surface area (Å²) in [6.45, 7) is 0. The van der Waals surface area contributed by atoms with Crippen molar-refractivity contribution in [1.82, 2.24) is 5.32 Å². The molecule has 3 saturated carbocycles. The van der Waals surface area contributed by atoms with Crippen molar-refractivity contribution in [1.29, 1.82) is 0 Å². The van der Waals surface area contributed by atoms with Gasteiger partial charge in [-0.1, -0.05) is 0 Å². The van der Waals surface area contributed by atoms with E-state index in [0.717, 1.165) is 38.5 Å². The number of nitrogens with two attached hydrogens (primary N) is 1. The molecule has 3 aliphatic carbocycles. The van der Waals surface area contributed by atoms with Crippen LogP contribution in [-0.4, -0.2) is 22.3 Å². The highest BCUT2D eigenvalue weighted by Gasteiger charge is 2.47. The lowest BCUT2D eigenvalue weighted by Crippen LogP contribution is -2.61. The van der Waals surface area contributed by atoms with E-state index >= 15 is 0 Å². The number of carboxylic acid groups (broad SMARTS) is 1. The van der Waals surface area contributed by atoms with E-state index in [4.69, 9.17) is 10.8 Å². The van der Waals surface area contributed by atoms with Crippen molar-refractivity contribution in [2.45, 2.75) is 49.6 Å². The van der Waals surface area contributed by atoms with Gasteiger partial charge in [-0.15, -0.1) is 12.4 Å². The van der Waals surface area contributed by atoms with Gasteiger partial charge in [-0.3, -0.25) is 0 Å². The van der Waals surface area contributed by atoms with E-state index in [1.807, 2.05) is 0 Å². The van der Waals surface area contributed by atoms with Gasteiger partial charge in [-0.2, -0.15) is 0 Å². The molecule has 0 saturated heterocycles. The second-order valence-electron chi connectivity index (χ2n) is 4.57. The number of halogens is 1. The van der Waals surface area contributed by atoms with Crippen molar-refractivity contribution < 1.29 is 9.90 Å². The molecule has 0 atom stereocenters. The number of carbonyl (C=O) groups is 1. The van der Waals surface area contributed by atoms with Crippen LogP contribution in [0.2, 0.25) is 0 Å². The van der Waals surface area contributed by atoms with Crippen LogP contribution in [0, 0.1) is 0 Å². The predicted octanol–water partition coefficient (Wildman–Crippen LogP) is 1.48. The van der Waals surface area contributed by atoms with Crippen molar-refractivity contribution in [2.75, 3.05) is 0 Å². The standard InChI is InChI=1S/C9H16N2O2.ClH/c10-8-1-4-9(5-2-8,6-3-8)11-7(12)13;/h11H,1-6,10H2,(H,12,13);1H. The van der Waals surface area contributed by atoms with Gasteiger partial charge in [0.2, 0.25) is 0 Å². The molecule has 0 spiro atoms. The quantitative estimate of drug-likeness (QED) is 0.627. The fraction of sp³-hybridized carbons (Fsp3) is 0.889. The van der Waals surface area contributed by atoms with E-state index in [1.54, 1.807) is 0 Å². The minimum Gasteiger partial charge on any atom is -0.465 e. The third kappa shape index (κ3) is 1.96. The average molecular weight is 221 g/mol. The van der Waals surface area contributed by atoms with Gasteiger partial charge in [0, 0.05) is 11.1 Å². The Morgan fingerprint density at radius 1 is 1.14 bits per heavy atom. The van der Waals surface area contributed by atoms with Crippen molar-refractivity contribution >= 4 is 18.5 Å². The maximum atomic E-state index is 10.6. The summed E-state index contributed by atoms with van der Waals surface area (Å²) in [6, 6.07) is 0. The highest BCUT2D eigenvalue weighted by Crippen LogP contribution is 2.45. The molecule has 4 N–H and O–H groups in total. The first kappa shape index (κ1) is 11.6. The van der Waals surface area contributed by atoms with E-state index in [-0.39, 0.29) is 23.5 Å². The number of amides is 1. The normalized spacial score (nSPS) is 40.1. The van der Waals surface area contributed by atoms with Crippen LogP contribution in [0.4, 0.5) is 4.79 Å². The van der Waals surface area contributed by atoms with Gasteiger partial charge in [-0.25, -0.2) is 4.79 Å². The summed E-state index contributed by atoms with van der Waals surface area (Å²) < 4.78 is 0. The SMILES string of the molecule is Cl.NC12CCC(NC(=O)O)(CC1)CC2. The topological polar surface area (TPSA) is 75.3 Å². The molecule has 14 heavy (non-hydrogen) atoms. The molecule has 0 unspecified atom stereocenters. The summed E-state index contributed by atoms with van der Waals surface area (Å²) >= 11 is 0. The highest BCUT2D eigenvalue weighted by atomic mass is 35.5. The molecule has 1 amide bonds. The molecule has 2 bridgehead atoms. The molecule has 0 aliphatic heterocycles. The summed E-state index contributed by atoms with van der Waals surface area (Å²) in [6.07, 6.45) is 4.74. The third-order valence-electron chi connectivity index (χ3n) is 3.68. The van der Waals surface area contributed by atoms with E-state index in [9.17, 15) is 4.79 Å². The third-order valence-corrected chi connectivity index (χ3v) is 3.68. The molecule has 0 aromatic rings. The van der Waals surface area contributed by atoms with Crippen molar-refractivity contribution in [3.05, 3.63) is 0 Å². The van der Waals surface area contributed by atoms with Crippen LogP contribution >= 0.6 is 12.4 Å². The van der Waals surface area contributed by atoms with Crippen LogP contribution in [0.15, 0.2) is 0 Å². The van der Waals surface area contributed by atoms with Gasteiger partial charge in [-0.05, 0) is 38.5 Å². The van der Waals surface area contributed by atoms with Crippen molar-refractivity contribution in [3.63, 3.8) is 0 Å². The largest absolute Gasteiger partial charge is 0.465 e. The summed E-state index contributed by atoms with van der Waals surface area (Å²) in [5, 5.41) is 11.4. The first-order chi connectivity index (χ1) is 6.04. The Balaban J connectivity index is 0.000000980. The molecule has 82 valence electrons. The molecular formula is C9H17ClN2O2. The van der Waals surface area contributed by atoms with Crippen molar-refractivity contribution in [2.24, 2.45) is 5.73 Å². The second kappa shape index (κ2) is 3.59. The van der Waals surface area contributed by atoms with E-state index < -0.39 is 6.09 Å². The van der Waals surface area contributed by atoms with Crippen LogP contribution in [0.1, 0.15) is 38.5 Å². The first-order valence-electron chi connectivity index (χ1n) is 4.84. The first-order valence-corrected chi connectivity index (χ1v) is 4.84. The van der Waals surface area contributed by atoms with Gasteiger partial charge < -0.3 is 16.2 Å². The second-order valence-corrected chi connectivity index (χ2v) is 4.57. The Hall–Kier alpha value is -0.480. The molecule has 0 aromatic carbocycles. The number of hydrogen-bond acceptors (Lipinski definition) is 2. The lowest BCUT2D eigenvalue weighted by molar-refractivity contribution is 0.0790. The Kier molecular flexibility index (Phi) is 2.97. The van der Waals surface area contributed by atoms with Gasteiger partial charge >= 0.3 is 6.09 Å². The van der Waals surface area contributed by atoms with Gasteiger partial charge in [0.25, 0.3) is 0 Å². The Morgan fingerprint density at radius 2 is 1.57 bits per heavy atom. The van der Waals surface area contributed by atoms with Gasteiger partial charge in [0.05, 0.1) is 0 Å². The summed E-state index contributed by atoms with van der Waals surface area (Å²) in [5.74, 6) is 0. The van der Waals surface area contributed by atoms with Crippen LogP contribution in [0.25, 0.3) is 0 Å². The lowest BCUT2D eigenvalue weighted by atomic mass is 9.62. The van der Waals surface area contributed by atoms with Crippen LogP contribution < -0.4 is 11.1 Å². The molecule has 5 heteroatoms. The maximum Gasteiger partial charge on any atom is 0.405 e. The molecule has 0 aromatic heterocycles. The molecule has 4 nitrogen and oxygen atoms in total. The Bertz CT molecular complexity index is 220. The number of rotatable bonds is 1. The summed E-state index contributed by atoms with van der Waals surface area (Å²) in [7, 11) is 0. The average Bonchev–Trinajstić information content (AvgIpc) is 2.07. The maximum absolute atomic E-state index is 10.6.